The first-order valence-electron chi connectivity index (χ1n) is 20.1. The molecule has 0 fully saturated rings. The molecule has 0 amide bonds. The van der Waals surface area contributed by atoms with Crippen molar-refractivity contribution in [3.05, 3.63) is 194 Å². The van der Waals surface area contributed by atoms with Gasteiger partial charge in [0.05, 0.1) is 22.7 Å². The van der Waals surface area contributed by atoms with Gasteiger partial charge in [-0.2, -0.15) is 0 Å². The van der Waals surface area contributed by atoms with Crippen LogP contribution in [0.3, 0.4) is 0 Å². The maximum absolute atomic E-state index is 6.45. The molecule has 60 heavy (non-hydrogen) atoms. The smallest absolute Gasteiger partial charge is 0.151 e. The van der Waals surface area contributed by atoms with E-state index in [-0.39, 0.29) is 0 Å². The first-order valence-corrected chi connectivity index (χ1v) is 20.1. The fourth-order valence-electron chi connectivity index (χ4n) is 9.10. The van der Waals surface area contributed by atoms with Gasteiger partial charge in [-0.1, -0.05) is 84.9 Å². The van der Waals surface area contributed by atoms with Gasteiger partial charge in [-0.25, -0.2) is 0 Å². The molecule has 0 spiro atoms. The van der Waals surface area contributed by atoms with Crippen molar-refractivity contribution in [2.75, 3.05) is 9.80 Å². The number of ether oxygens (including phenoxy) is 2. The first kappa shape index (κ1) is 32.8. The predicted octanol–water partition coefficient (Wildman–Crippen LogP) is 16.0. The molecule has 13 rings (SSSR count). The highest BCUT2D eigenvalue weighted by molar-refractivity contribution is 6.10. The minimum absolute atomic E-state index is 0.822. The normalized spacial score (nSPS) is 12.9. The Balaban J connectivity index is 0.919. The lowest BCUT2D eigenvalue weighted by Gasteiger charge is -2.32. The van der Waals surface area contributed by atoms with E-state index in [0.29, 0.717) is 0 Å². The monoisotopic (exact) mass is 772 g/mol. The zero-order valence-corrected chi connectivity index (χ0v) is 32.0. The van der Waals surface area contributed by atoms with Crippen molar-refractivity contribution in [2.45, 2.75) is 0 Å². The van der Waals surface area contributed by atoms with Gasteiger partial charge in [-0.05, 0) is 131 Å². The molecule has 2 aliphatic rings. The molecular formula is C54H32N2O4. The van der Waals surface area contributed by atoms with Gasteiger partial charge in [-0.15, -0.1) is 0 Å². The quantitative estimate of drug-likeness (QED) is 0.178. The highest BCUT2D eigenvalue weighted by Gasteiger charge is 2.28. The molecule has 0 bridgehead atoms. The Bertz CT molecular complexity index is 3220. The van der Waals surface area contributed by atoms with Gasteiger partial charge in [0.1, 0.15) is 22.3 Å². The molecule has 282 valence electrons. The van der Waals surface area contributed by atoms with Crippen LogP contribution >= 0.6 is 0 Å². The third kappa shape index (κ3) is 4.94. The van der Waals surface area contributed by atoms with E-state index in [1.807, 2.05) is 72.8 Å². The largest absolute Gasteiger partial charge is 0.456 e. The molecule has 0 unspecified atom stereocenters. The number of benzene rings is 9. The summed E-state index contributed by atoms with van der Waals surface area (Å²) >= 11 is 0. The Labute approximate surface area is 344 Å². The second-order valence-corrected chi connectivity index (χ2v) is 15.3. The third-order valence-electron chi connectivity index (χ3n) is 11.8. The van der Waals surface area contributed by atoms with Crippen LogP contribution in [0.2, 0.25) is 0 Å². The molecule has 6 nitrogen and oxygen atoms in total. The van der Waals surface area contributed by atoms with Crippen LogP contribution in [0.1, 0.15) is 0 Å². The van der Waals surface area contributed by atoms with E-state index in [2.05, 4.69) is 131 Å². The van der Waals surface area contributed by atoms with Crippen LogP contribution in [0.4, 0.5) is 34.1 Å². The number of anilines is 6. The van der Waals surface area contributed by atoms with Crippen LogP contribution in [0.25, 0.3) is 66.1 Å². The summed E-state index contributed by atoms with van der Waals surface area (Å²) in [7, 11) is 0. The summed E-state index contributed by atoms with van der Waals surface area (Å²) in [6.07, 6.45) is 0. The van der Waals surface area contributed by atoms with E-state index < -0.39 is 0 Å². The van der Waals surface area contributed by atoms with Gasteiger partial charge >= 0.3 is 0 Å². The molecule has 6 heteroatoms. The predicted molar refractivity (Wildman–Crippen MR) is 241 cm³/mol. The molecule has 4 heterocycles. The van der Waals surface area contributed by atoms with Crippen molar-refractivity contribution in [1.82, 2.24) is 0 Å². The number of nitrogens with zero attached hydrogens (tertiary/aromatic N) is 2. The lowest BCUT2D eigenvalue weighted by Crippen LogP contribution is -2.15. The van der Waals surface area contributed by atoms with Crippen molar-refractivity contribution in [1.29, 1.82) is 0 Å². The lowest BCUT2D eigenvalue weighted by molar-refractivity contribution is 0.477. The first-order chi connectivity index (χ1) is 29.7. The Hall–Kier alpha value is -8.22. The molecule has 0 saturated heterocycles. The van der Waals surface area contributed by atoms with E-state index in [9.17, 15) is 0 Å². The Morgan fingerprint density at radius 3 is 0.983 bits per heavy atom. The third-order valence-corrected chi connectivity index (χ3v) is 11.8. The molecule has 0 N–H and O–H groups in total. The van der Waals surface area contributed by atoms with Crippen LogP contribution in [0, 0.1) is 0 Å². The van der Waals surface area contributed by atoms with Gasteiger partial charge in [0.2, 0.25) is 0 Å². The summed E-state index contributed by atoms with van der Waals surface area (Å²) in [6.45, 7) is 0. The summed E-state index contributed by atoms with van der Waals surface area (Å²) in [5.41, 5.74) is 13.9. The Kier molecular flexibility index (Phi) is 6.91. The average molecular weight is 773 g/mol. The van der Waals surface area contributed by atoms with Crippen LogP contribution in [-0.4, -0.2) is 0 Å². The number of rotatable bonds is 4. The molecule has 0 radical (unpaired) electrons. The maximum atomic E-state index is 6.45. The SMILES string of the molecule is c1ccc2c(c1)Oc1ccccc1N2c1ccc2oc3ccc(-c4ccccc4-c4ccc5oc6ccc(N7c8ccccc8Oc8ccccc87)cc6c5c4)cc3c2c1. The Morgan fingerprint density at radius 2 is 0.600 bits per heavy atom. The molecule has 9 aromatic carbocycles. The number of fused-ring (bicyclic) bond motifs is 10. The molecule has 0 atom stereocenters. The second-order valence-electron chi connectivity index (χ2n) is 15.3. The summed E-state index contributed by atoms with van der Waals surface area (Å²) in [4.78, 5) is 4.53. The molecule has 2 aliphatic heterocycles. The van der Waals surface area contributed by atoms with E-state index in [4.69, 9.17) is 18.3 Å². The molecule has 0 saturated carbocycles. The average Bonchev–Trinajstić information content (AvgIpc) is 3.86. The number of hydrogen-bond acceptors (Lipinski definition) is 6. The van der Waals surface area contributed by atoms with Gasteiger partial charge in [0.15, 0.2) is 23.0 Å². The van der Waals surface area contributed by atoms with Crippen LogP contribution in [-0.2, 0) is 0 Å². The highest BCUT2D eigenvalue weighted by Crippen LogP contribution is 2.52. The van der Waals surface area contributed by atoms with Crippen molar-refractivity contribution < 1.29 is 18.3 Å². The standard InChI is InChI=1S/C54H32N2O4/c1-2-12-38(34-22-26-48-40(30-34)42-32-36(24-28-50(42)58-48)56-45-15-5-9-19-53(45)60-54-20-10-6-16-46(54)56)37(11-1)33-21-25-47-39(29-33)41-31-35(23-27-49(41)57-47)55-43-13-3-7-17-51(43)59-52-18-8-4-14-44(52)55/h1-32H. The van der Waals surface area contributed by atoms with Crippen molar-refractivity contribution in [3.63, 3.8) is 0 Å². The molecule has 0 aliphatic carbocycles. The van der Waals surface area contributed by atoms with Crippen molar-refractivity contribution in [2.24, 2.45) is 0 Å². The summed E-state index contributed by atoms with van der Waals surface area (Å²) in [6, 6.07) is 67.2. The number of furan rings is 2. The summed E-state index contributed by atoms with van der Waals surface area (Å²) in [5.74, 6) is 3.29. The fourth-order valence-corrected chi connectivity index (χ4v) is 9.10. The van der Waals surface area contributed by atoms with E-state index in [1.54, 1.807) is 0 Å². The van der Waals surface area contributed by atoms with Crippen LogP contribution in [0.15, 0.2) is 203 Å². The second kappa shape index (κ2) is 12.6. The van der Waals surface area contributed by atoms with Crippen LogP contribution < -0.4 is 19.3 Å². The van der Waals surface area contributed by atoms with Gasteiger partial charge in [0.25, 0.3) is 0 Å². The number of para-hydroxylation sites is 8. The molecule has 2 aromatic heterocycles. The van der Waals surface area contributed by atoms with Gasteiger partial charge in [0, 0.05) is 32.9 Å². The number of hydrogen-bond donors (Lipinski definition) is 0. The van der Waals surface area contributed by atoms with Crippen molar-refractivity contribution in [3.8, 4) is 45.3 Å². The Morgan fingerprint density at radius 1 is 0.283 bits per heavy atom. The topological polar surface area (TPSA) is 51.2 Å². The summed E-state index contributed by atoms with van der Waals surface area (Å²) in [5, 5.41) is 4.22. The maximum Gasteiger partial charge on any atom is 0.151 e. The fraction of sp³-hybridized carbons (Fsp3) is 0. The molecule has 11 aromatic rings. The lowest BCUT2D eigenvalue weighted by atomic mass is 9.93. The zero-order chi connectivity index (χ0) is 39.3. The van der Waals surface area contributed by atoms with E-state index in [1.165, 1.54) is 0 Å². The minimum Gasteiger partial charge on any atom is -0.456 e. The molecular weight excluding hydrogens is 741 g/mol. The zero-order valence-electron chi connectivity index (χ0n) is 32.0. The van der Waals surface area contributed by atoms with E-state index in [0.717, 1.165) is 123 Å². The van der Waals surface area contributed by atoms with E-state index >= 15 is 0 Å². The summed E-state index contributed by atoms with van der Waals surface area (Å²) < 4.78 is 25.5. The highest BCUT2D eigenvalue weighted by atomic mass is 16.5. The minimum atomic E-state index is 0.822. The van der Waals surface area contributed by atoms with Crippen LogP contribution in [0.5, 0.6) is 23.0 Å². The van der Waals surface area contributed by atoms with Gasteiger partial charge < -0.3 is 28.1 Å². The van der Waals surface area contributed by atoms with Crippen molar-refractivity contribution >= 4 is 78.0 Å². The van der Waals surface area contributed by atoms with Gasteiger partial charge in [-0.3, -0.25) is 0 Å².